The third-order valence-electron chi connectivity index (χ3n) is 2.68. The maximum absolute atomic E-state index is 11.2. The van der Waals surface area contributed by atoms with Crippen LogP contribution in [-0.4, -0.2) is 19.7 Å². The summed E-state index contributed by atoms with van der Waals surface area (Å²) >= 11 is 0. The number of aryl methyl sites for hydroxylation is 2. The summed E-state index contributed by atoms with van der Waals surface area (Å²) in [5, 5.41) is 0. The van der Waals surface area contributed by atoms with E-state index in [1.54, 1.807) is 14.0 Å². The fraction of sp³-hybridized carbons (Fsp3) is 0.400. The molecule has 0 unspecified atom stereocenters. The number of benzene rings is 1. The lowest BCUT2D eigenvalue weighted by Gasteiger charge is -2.08. The van der Waals surface area contributed by atoms with E-state index in [4.69, 9.17) is 9.47 Å². The van der Waals surface area contributed by atoms with Crippen molar-refractivity contribution in [2.75, 3.05) is 13.7 Å². The Bertz CT molecular complexity index is 424. The van der Waals surface area contributed by atoms with Crippen LogP contribution in [0.3, 0.4) is 0 Å². The number of carbonyl (C=O) groups is 1. The van der Waals surface area contributed by atoms with Crippen molar-refractivity contribution in [2.45, 2.75) is 27.2 Å². The van der Waals surface area contributed by atoms with Crippen molar-refractivity contribution in [2.24, 2.45) is 0 Å². The second kappa shape index (κ2) is 6.84. The molecule has 0 aliphatic carbocycles. The highest BCUT2D eigenvalue weighted by Crippen LogP contribution is 2.22. The van der Waals surface area contributed by atoms with Gasteiger partial charge in [0.25, 0.3) is 0 Å². The topological polar surface area (TPSA) is 35.5 Å². The highest BCUT2D eigenvalue weighted by atomic mass is 16.5. The molecule has 0 radical (unpaired) electrons. The van der Waals surface area contributed by atoms with Crippen LogP contribution in [-0.2, 0) is 9.53 Å². The van der Waals surface area contributed by atoms with Crippen molar-refractivity contribution < 1.29 is 14.3 Å². The van der Waals surface area contributed by atoms with Crippen molar-refractivity contribution >= 4 is 12.0 Å². The summed E-state index contributed by atoms with van der Waals surface area (Å²) in [6.45, 7) is 6.28. The van der Waals surface area contributed by atoms with Crippen LogP contribution in [0.4, 0.5) is 0 Å². The number of esters is 1. The molecule has 0 aliphatic rings. The van der Waals surface area contributed by atoms with Gasteiger partial charge < -0.3 is 9.47 Å². The maximum Gasteiger partial charge on any atom is 0.309 e. The third kappa shape index (κ3) is 3.91. The van der Waals surface area contributed by atoms with E-state index in [9.17, 15) is 4.79 Å². The Morgan fingerprint density at radius 1 is 1.28 bits per heavy atom. The molecule has 0 spiro atoms. The first-order valence-electron chi connectivity index (χ1n) is 6.05. The minimum atomic E-state index is -0.197. The van der Waals surface area contributed by atoms with Gasteiger partial charge in [-0.1, -0.05) is 12.2 Å². The molecule has 0 aromatic heterocycles. The minimum Gasteiger partial charge on any atom is -0.497 e. The van der Waals surface area contributed by atoms with Crippen LogP contribution in [0.2, 0.25) is 0 Å². The Hall–Kier alpha value is -1.77. The smallest absolute Gasteiger partial charge is 0.309 e. The first-order chi connectivity index (χ1) is 8.58. The molecular weight excluding hydrogens is 228 g/mol. The number of methoxy groups -OCH3 is 1. The van der Waals surface area contributed by atoms with Crippen LogP contribution in [0.15, 0.2) is 18.2 Å². The second-order valence-electron chi connectivity index (χ2n) is 4.09. The highest BCUT2D eigenvalue weighted by Gasteiger charge is 2.03. The van der Waals surface area contributed by atoms with Crippen molar-refractivity contribution in [3.63, 3.8) is 0 Å². The average molecular weight is 248 g/mol. The molecule has 0 heterocycles. The Balaban J connectivity index is 2.78. The average Bonchev–Trinajstić information content (AvgIpc) is 2.32. The van der Waals surface area contributed by atoms with E-state index in [0.717, 1.165) is 22.4 Å². The lowest BCUT2D eigenvalue weighted by atomic mass is 10.0. The van der Waals surface area contributed by atoms with E-state index in [-0.39, 0.29) is 5.97 Å². The molecule has 0 atom stereocenters. The van der Waals surface area contributed by atoms with Gasteiger partial charge >= 0.3 is 5.97 Å². The summed E-state index contributed by atoms with van der Waals surface area (Å²) in [7, 11) is 1.66. The molecular formula is C15H20O3. The van der Waals surface area contributed by atoms with Crippen LogP contribution in [0.5, 0.6) is 5.75 Å². The molecule has 0 saturated carbocycles. The van der Waals surface area contributed by atoms with Gasteiger partial charge in [-0.2, -0.15) is 0 Å². The van der Waals surface area contributed by atoms with Gasteiger partial charge in [-0.25, -0.2) is 0 Å². The van der Waals surface area contributed by atoms with Crippen LogP contribution < -0.4 is 4.74 Å². The number of ether oxygens (including phenoxy) is 2. The quantitative estimate of drug-likeness (QED) is 0.750. The summed E-state index contributed by atoms with van der Waals surface area (Å²) in [4.78, 5) is 11.2. The number of hydrogen-bond acceptors (Lipinski definition) is 3. The fourth-order valence-electron chi connectivity index (χ4n) is 1.81. The summed E-state index contributed by atoms with van der Waals surface area (Å²) in [6, 6.07) is 3.97. The largest absolute Gasteiger partial charge is 0.497 e. The molecule has 0 amide bonds. The van der Waals surface area contributed by atoms with Crippen molar-refractivity contribution in [3.8, 4) is 5.75 Å². The predicted octanol–water partition coefficient (Wildman–Crippen LogP) is 3.28. The molecule has 18 heavy (non-hydrogen) atoms. The molecule has 0 bridgehead atoms. The fourth-order valence-corrected chi connectivity index (χ4v) is 1.81. The monoisotopic (exact) mass is 248 g/mol. The van der Waals surface area contributed by atoms with Crippen LogP contribution in [0.25, 0.3) is 6.08 Å². The standard InChI is InChI=1S/C15H20O3/c1-5-18-15(16)8-6-7-14-11(2)9-13(17-4)10-12(14)3/h6-7,9-10H,5,8H2,1-4H3. The van der Waals surface area contributed by atoms with E-state index < -0.39 is 0 Å². The van der Waals surface area contributed by atoms with Gasteiger partial charge in [-0.15, -0.1) is 0 Å². The van der Waals surface area contributed by atoms with Gasteiger partial charge in [0.15, 0.2) is 0 Å². The second-order valence-corrected chi connectivity index (χ2v) is 4.09. The van der Waals surface area contributed by atoms with E-state index in [0.29, 0.717) is 13.0 Å². The molecule has 98 valence electrons. The zero-order chi connectivity index (χ0) is 13.5. The van der Waals surface area contributed by atoms with E-state index in [1.165, 1.54) is 0 Å². The lowest BCUT2D eigenvalue weighted by Crippen LogP contribution is -2.01. The summed E-state index contributed by atoms with van der Waals surface area (Å²) < 4.78 is 10.1. The number of hydrogen-bond donors (Lipinski definition) is 0. The number of rotatable bonds is 5. The van der Waals surface area contributed by atoms with Gasteiger partial charge in [-0.3, -0.25) is 4.79 Å². The Morgan fingerprint density at radius 2 is 1.89 bits per heavy atom. The zero-order valence-corrected chi connectivity index (χ0v) is 11.4. The molecule has 0 aliphatic heterocycles. The molecule has 0 N–H and O–H groups in total. The highest BCUT2D eigenvalue weighted by molar-refractivity contribution is 5.73. The van der Waals surface area contributed by atoms with Crippen molar-refractivity contribution in [1.29, 1.82) is 0 Å². The normalized spacial score (nSPS) is 10.7. The summed E-state index contributed by atoms with van der Waals surface area (Å²) in [5.74, 6) is 0.658. The SMILES string of the molecule is CCOC(=O)CC=Cc1c(C)cc(OC)cc1C. The van der Waals surface area contributed by atoms with Crippen LogP contribution in [0.1, 0.15) is 30.0 Å². The summed E-state index contributed by atoms with van der Waals surface area (Å²) in [6.07, 6.45) is 4.10. The first kappa shape index (κ1) is 14.3. The van der Waals surface area contributed by atoms with Crippen LogP contribution in [0, 0.1) is 13.8 Å². The van der Waals surface area contributed by atoms with Gasteiger partial charge in [0, 0.05) is 0 Å². The van der Waals surface area contributed by atoms with Gasteiger partial charge in [0.05, 0.1) is 20.1 Å². The molecule has 1 aromatic rings. The van der Waals surface area contributed by atoms with Crippen molar-refractivity contribution in [3.05, 3.63) is 34.9 Å². The maximum atomic E-state index is 11.2. The molecule has 1 aromatic carbocycles. The third-order valence-corrected chi connectivity index (χ3v) is 2.68. The lowest BCUT2D eigenvalue weighted by molar-refractivity contribution is -0.142. The van der Waals surface area contributed by atoms with Gasteiger partial charge in [0.1, 0.15) is 5.75 Å². The Labute approximate surface area is 108 Å². The van der Waals surface area contributed by atoms with E-state index in [2.05, 4.69) is 0 Å². The molecule has 3 nitrogen and oxygen atoms in total. The molecule has 0 saturated heterocycles. The van der Waals surface area contributed by atoms with Crippen LogP contribution >= 0.6 is 0 Å². The summed E-state index contributed by atoms with van der Waals surface area (Å²) in [5.41, 5.74) is 3.39. The minimum absolute atomic E-state index is 0.197. The van der Waals surface area contributed by atoms with Crippen molar-refractivity contribution in [1.82, 2.24) is 0 Å². The van der Waals surface area contributed by atoms with E-state index >= 15 is 0 Å². The molecule has 3 heteroatoms. The van der Waals surface area contributed by atoms with E-state index in [1.807, 2.05) is 38.1 Å². The zero-order valence-electron chi connectivity index (χ0n) is 11.4. The number of carbonyl (C=O) groups excluding carboxylic acids is 1. The molecule has 1 rings (SSSR count). The Morgan fingerprint density at radius 3 is 2.39 bits per heavy atom. The molecule has 0 fully saturated rings. The van der Waals surface area contributed by atoms with Gasteiger partial charge in [-0.05, 0) is 49.6 Å². The van der Waals surface area contributed by atoms with Gasteiger partial charge in [0.2, 0.25) is 0 Å². The predicted molar refractivity (Wildman–Crippen MR) is 72.8 cm³/mol. The Kier molecular flexibility index (Phi) is 5.43. The first-order valence-corrected chi connectivity index (χ1v) is 6.05.